The molecule has 1 saturated heterocycles. The average molecular weight is 425 g/mol. The van der Waals surface area contributed by atoms with E-state index in [4.69, 9.17) is 14.2 Å². The van der Waals surface area contributed by atoms with Gasteiger partial charge in [-0.15, -0.1) is 0 Å². The topological polar surface area (TPSA) is 89.1 Å². The number of aryl methyl sites for hydroxylation is 2. The Balaban J connectivity index is 1.44. The first-order valence-electron chi connectivity index (χ1n) is 10.4. The van der Waals surface area contributed by atoms with Crippen LogP contribution in [0.5, 0.6) is 11.5 Å². The second-order valence-electron chi connectivity index (χ2n) is 7.76. The molecule has 2 aliphatic rings. The van der Waals surface area contributed by atoms with Crippen LogP contribution >= 0.6 is 0 Å². The molecule has 0 aliphatic carbocycles. The molecule has 0 saturated carbocycles. The summed E-state index contributed by atoms with van der Waals surface area (Å²) in [4.78, 5) is 27.2. The number of anilines is 1. The van der Waals surface area contributed by atoms with Crippen LogP contribution in [-0.4, -0.2) is 56.4 Å². The highest BCUT2D eigenvalue weighted by Crippen LogP contribution is 2.35. The molecule has 2 aromatic rings. The van der Waals surface area contributed by atoms with Crippen molar-refractivity contribution in [3.8, 4) is 11.5 Å². The first-order valence-corrected chi connectivity index (χ1v) is 10.4. The van der Waals surface area contributed by atoms with E-state index >= 15 is 0 Å². The van der Waals surface area contributed by atoms with Crippen LogP contribution in [0.3, 0.4) is 0 Å². The maximum atomic E-state index is 12.5. The summed E-state index contributed by atoms with van der Waals surface area (Å²) in [7, 11) is 0. The maximum absolute atomic E-state index is 12.5. The molecule has 1 fully saturated rings. The Labute approximate surface area is 181 Å². The van der Waals surface area contributed by atoms with Gasteiger partial charge >= 0.3 is 11.8 Å². The number of rotatable bonds is 5. The molecule has 2 heterocycles. The van der Waals surface area contributed by atoms with Gasteiger partial charge in [0.15, 0.2) is 11.5 Å². The van der Waals surface area contributed by atoms with Crippen LogP contribution in [0.25, 0.3) is 0 Å². The number of carbonyl (C=O) groups excluding carboxylic acids is 2. The van der Waals surface area contributed by atoms with Gasteiger partial charge in [-0.1, -0.05) is 23.8 Å². The van der Waals surface area contributed by atoms with Crippen molar-refractivity contribution in [2.45, 2.75) is 19.9 Å². The van der Waals surface area contributed by atoms with Crippen molar-refractivity contribution in [3.63, 3.8) is 0 Å². The SMILES string of the molecule is Cc1ccc(NC(=O)C(=O)NCC(c2ccc3c(c2)OCO3)N2CCOCC2)c(C)c1. The normalized spacial score (nSPS) is 16.6. The highest BCUT2D eigenvalue weighted by molar-refractivity contribution is 6.39. The maximum Gasteiger partial charge on any atom is 0.313 e. The fourth-order valence-corrected chi connectivity index (χ4v) is 3.87. The number of nitrogens with zero attached hydrogens (tertiary/aromatic N) is 1. The molecule has 4 rings (SSSR count). The molecule has 0 aromatic heterocycles. The molecule has 31 heavy (non-hydrogen) atoms. The van der Waals surface area contributed by atoms with Crippen LogP contribution in [0.1, 0.15) is 22.7 Å². The van der Waals surface area contributed by atoms with E-state index in [2.05, 4.69) is 15.5 Å². The molecule has 1 atom stereocenters. The average Bonchev–Trinajstić information content (AvgIpc) is 3.24. The van der Waals surface area contributed by atoms with Crippen LogP contribution in [0.15, 0.2) is 36.4 Å². The first kappa shape index (κ1) is 21.1. The molecule has 8 nitrogen and oxygen atoms in total. The predicted octanol–water partition coefficient (Wildman–Crippen LogP) is 2.16. The molecule has 2 amide bonds. The summed E-state index contributed by atoms with van der Waals surface area (Å²) >= 11 is 0. The van der Waals surface area contributed by atoms with E-state index in [1.54, 1.807) is 6.07 Å². The molecule has 1 unspecified atom stereocenters. The number of nitrogens with one attached hydrogen (secondary N) is 2. The van der Waals surface area contributed by atoms with Gasteiger partial charge in [0.1, 0.15) is 0 Å². The monoisotopic (exact) mass is 425 g/mol. The summed E-state index contributed by atoms with van der Waals surface area (Å²) < 4.78 is 16.4. The minimum absolute atomic E-state index is 0.115. The Kier molecular flexibility index (Phi) is 6.39. The molecule has 8 heteroatoms. The zero-order valence-corrected chi connectivity index (χ0v) is 17.8. The molecule has 2 N–H and O–H groups in total. The van der Waals surface area contributed by atoms with Crippen LogP contribution in [-0.2, 0) is 14.3 Å². The van der Waals surface area contributed by atoms with Crippen LogP contribution in [0.2, 0.25) is 0 Å². The summed E-state index contributed by atoms with van der Waals surface area (Å²) in [6, 6.07) is 11.3. The number of carbonyl (C=O) groups is 2. The quantitative estimate of drug-likeness (QED) is 0.714. The zero-order chi connectivity index (χ0) is 21.8. The highest BCUT2D eigenvalue weighted by Gasteiger charge is 2.26. The Morgan fingerprint density at radius 2 is 1.77 bits per heavy atom. The van der Waals surface area contributed by atoms with Gasteiger partial charge in [0.25, 0.3) is 0 Å². The third-order valence-electron chi connectivity index (χ3n) is 5.56. The molecular weight excluding hydrogens is 398 g/mol. The van der Waals surface area contributed by atoms with Crippen molar-refractivity contribution in [3.05, 3.63) is 53.1 Å². The zero-order valence-electron chi connectivity index (χ0n) is 17.8. The van der Waals surface area contributed by atoms with Gasteiger partial charge in [0.2, 0.25) is 6.79 Å². The first-order chi connectivity index (χ1) is 15.0. The fraction of sp³-hybridized carbons (Fsp3) is 0.391. The fourth-order valence-electron chi connectivity index (χ4n) is 3.87. The lowest BCUT2D eigenvalue weighted by Gasteiger charge is -2.35. The standard InChI is InChI=1S/C23H27N3O5/c1-15-3-5-18(16(2)11-15)25-23(28)22(27)24-13-19(26-7-9-29-10-8-26)17-4-6-20-21(12-17)31-14-30-20/h3-6,11-12,19H,7-10,13-14H2,1-2H3,(H,24,27)(H,25,28). The number of ether oxygens (including phenoxy) is 3. The van der Waals surface area contributed by atoms with Crippen molar-refractivity contribution in [1.29, 1.82) is 0 Å². The van der Waals surface area contributed by atoms with E-state index in [1.165, 1.54) is 0 Å². The molecule has 2 aromatic carbocycles. The largest absolute Gasteiger partial charge is 0.454 e. The molecule has 164 valence electrons. The lowest BCUT2D eigenvalue weighted by Crippen LogP contribution is -2.45. The molecule has 0 bridgehead atoms. The van der Waals surface area contributed by atoms with Gasteiger partial charge in [0, 0.05) is 25.3 Å². The van der Waals surface area contributed by atoms with Crippen molar-refractivity contribution in [2.75, 3.05) is 45.0 Å². The van der Waals surface area contributed by atoms with Gasteiger partial charge in [-0.3, -0.25) is 14.5 Å². The van der Waals surface area contributed by atoms with Gasteiger partial charge in [-0.25, -0.2) is 0 Å². The number of hydrogen-bond donors (Lipinski definition) is 2. The summed E-state index contributed by atoms with van der Waals surface area (Å²) in [6.45, 7) is 7.11. The van der Waals surface area contributed by atoms with Crippen LogP contribution in [0, 0.1) is 13.8 Å². The highest BCUT2D eigenvalue weighted by atomic mass is 16.7. The Morgan fingerprint density at radius 3 is 2.55 bits per heavy atom. The minimum Gasteiger partial charge on any atom is -0.454 e. The van der Waals surface area contributed by atoms with E-state index in [0.717, 1.165) is 29.8 Å². The Morgan fingerprint density at radius 1 is 1.00 bits per heavy atom. The molecule has 0 radical (unpaired) electrons. The van der Waals surface area contributed by atoms with Crippen molar-refractivity contribution >= 4 is 17.5 Å². The second-order valence-corrected chi connectivity index (χ2v) is 7.76. The predicted molar refractivity (Wildman–Crippen MR) is 115 cm³/mol. The summed E-state index contributed by atoms with van der Waals surface area (Å²) in [5.41, 5.74) is 3.62. The smallest absolute Gasteiger partial charge is 0.313 e. The number of hydrogen-bond acceptors (Lipinski definition) is 6. The van der Waals surface area contributed by atoms with Gasteiger partial charge in [-0.05, 0) is 43.2 Å². The van der Waals surface area contributed by atoms with E-state index in [1.807, 2.05) is 44.2 Å². The summed E-state index contributed by atoms with van der Waals surface area (Å²) in [5.74, 6) is 0.0494. The van der Waals surface area contributed by atoms with Crippen LogP contribution < -0.4 is 20.1 Å². The molecule has 2 aliphatic heterocycles. The van der Waals surface area contributed by atoms with Gasteiger partial charge in [0.05, 0.1) is 19.3 Å². The van der Waals surface area contributed by atoms with E-state index in [0.29, 0.717) is 36.9 Å². The molecular formula is C23H27N3O5. The second kappa shape index (κ2) is 9.36. The minimum atomic E-state index is -0.682. The van der Waals surface area contributed by atoms with E-state index in [-0.39, 0.29) is 12.8 Å². The van der Waals surface area contributed by atoms with Crippen molar-refractivity contribution in [1.82, 2.24) is 10.2 Å². The third-order valence-corrected chi connectivity index (χ3v) is 5.56. The van der Waals surface area contributed by atoms with Crippen LogP contribution in [0.4, 0.5) is 5.69 Å². The van der Waals surface area contributed by atoms with Crippen molar-refractivity contribution < 1.29 is 23.8 Å². The Bertz CT molecular complexity index is 972. The lowest BCUT2D eigenvalue weighted by atomic mass is 10.0. The summed E-state index contributed by atoms with van der Waals surface area (Å²) in [6.07, 6.45) is 0. The lowest BCUT2D eigenvalue weighted by molar-refractivity contribution is -0.136. The third kappa shape index (κ3) is 4.98. The van der Waals surface area contributed by atoms with Gasteiger partial charge < -0.3 is 24.8 Å². The number of amides is 2. The van der Waals surface area contributed by atoms with E-state index < -0.39 is 11.8 Å². The van der Waals surface area contributed by atoms with Crippen molar-refractivity contribution in [2.24, 2.45) is 0 Å². The number of morpholine rings is 1. The number of benzene rings is 2. The van der Waals surface area contributed by atoms with Gasteiger partial charge in [-0.2, -0.15) is 0 Å². The molecule has 0 spiro atoms. The van der Waals surface area contributed by atoms with E-state index in [9.17, 15) is 9.59 Å². The Hall–Kier alpha value is -3.10. The summed E-state index contributed by atoms with van der Waals surface area (Å²) in [5, 5.41) is 5.48. The number of fused-ring (bicyclic) bond motifs is 1.